The first kappa shape index (κ1) is 18.7. The minimum atomic E-state index is -0.858. The van der Waals surface area contributed by atoms with Crippen molar-refractivity contribution in [3.63, 3.8) is 0 Å². The highest BCUT2D eigenvalue weighted by Crippen LogP contribution is 2.33. The summed E-state index contributed by atoms with van der Waals surface area (Å²) in [5.74, 6) is 0.537. The third kappa shape index (κ3) is 4.20. The highest BCUT2D eigenvalue weighted by Gasteiger charge is 2.32. The van der Waals surface area contributed by atoms with Gasteiger partial charge >= 0.3 is 0 Å². The molecule has 0 saturated carbocycles. The summed E-state index contributed by atoms with van der Waals surface area (Å²) in [6.45, 7) is 0.840. The van der Waals surface area contributed by atoms with Gasteiger partial charge in [-0.25, -0.2) is 0 Å². The topological polar surface area (TPSA) is 85.1 Å². The van der Waals surface area contributed by atoms with Crippen molar-refractivity contribution in [2.45, 2.75) is 12.6 Å². The van der Waals surface area contributed by atoms with Gasteiger partial charge in [-0.1, -0.05) is 30.3 Å². The molecular weight excluding hydrogens is 346 g/mol. The fourth-order valence-electron chi connectivity index (χ4n) is 3.12. The van der Waals surface area contributed by atoms with Crippen molar-refractivity contribution >= 4 is 17.5 Å². The molecule has 1 unspecified atom stereocenters. The van der Waals surface area contributed by atoms with Gasteiger partial charge in [0, 0.05) is 12.1 Å². The number of rotatable bonds is 6. The molecule has 1 heterocycles. The molecule has 0 saturated heterocycles. The number of benzene rings is 2. The average molecular weight is 369 g/mol. The summed E-state index contributed by atoms with van der Waals surface area (Å²) < 4.78 is 11.0. The molecule has 2 aromatic rings. The van der Waals surface area contributed by atoms with Gasteiger partial charge in [0.2, 0.25) is 5.91 Å². The van der Waals surface area contributed by atoms with Crippen molar-refractivity contribution in [2.24, 2.45) is 5.73 Å². The summed E-state index contributed by atoms with van der Waals surface area (Å²) in [5.41, 5.74) is 7.03. The maximum absolute atomic E-state index is 12.9. The second-order valence-electron chi connectivity index (χ2n) is 6.47. The van der Waals surface area contributed by atoms with Crippen molar-refractivity contribution in [2.75, 3.05) is 32.1 Å². The molecule has 2 aromatic carbocycles. The molecule has 1 aliphatic heterocycles. The molecule has 0 radical (unpaired) electrons. The molecule has 2 amide bonds. The number of hydrogen-bond acceptors (Lipinski definition) is 5. The summed E-state index contributed by atoms with van der Waals surface area (Å²) in [5, 5.41) is 0. The Bertz CT molecular complexity index is 839. The number of likely N-dealkylation sites (N-methyl/N-ethyl adjacent to an activating group) is 1. The Balaban J connectivity index is 1.74. The quantitative estimate of drug-likeness (QED) is 0.832. The predicted molar refractivity (Wildman–Crippen MR) is 102 cm³/mol. The Morgan fingerprint density at radius 1 is 1.22 bits per heavy atom. The third-order valence-electron chi connectivity index (χ3n) is 4.43. The van der Waals surface area contributed by atoms with Gasteiger partial charge in [-0.2, -0.15) is 0 Å². The van der Waals surface area contributed by atoms with Crippen LogP contribution >= 0.6 is 0 Å². The number of anilines is 1. The Morgan fingerprint density at radius 3 is 2.67 bits per heavy atom. The first-order valence-corrected chi connectivity index (χ1v) is 8.65. The molecule has 1 aliphatic rings. The number of para-hydroxylation sites is 3. The molecule has 0 fully saturated rings. The molecule has 2 N–H and O–H groups in total. The Kier molecular flexibility index (Phi) is 5.61. The number of methoxy groups -OCH3 is 1. The lowest BCUT2D eigenvalue weighted by molar-refractivity contribution is -0.125. The van der Waals surface area contributed by atoms with Gasteiger partial charge in [-0.05, 0) is 25.2 Å². The van der Waals surface area contributed by atoms with Gasteiger partial charge in [0.25, 0.3) is 5.91 Å². The van der Waals surface area contributed by atoms with E-state index in [-0.39, 0.29) is 19.0 Å². The molecule has 7 heteroatoms. The number of ether oxygens (including phenoxy) is 2. The van der Waals surface area contributed by atoms with Crippen LogP contribution in [0.15, 0.2) is 48.5 Å². The van der Waals surface area contributed by atoms with Gasteiger partial charge in [-0.3, -0.25) is 14.5 Å². The average Bonchev–Trinajstić information content (AvgIpc) is 2.67. The summed E-state index contributed by atoms with van der Waals surface area (Å²) in [4.78, 5) is 28.0. The zero-order valence-corrected chi connectivity index (χ0v) is 15.4. The lowest BCUT2D eigenvalue weighted by Crippen LogP contribution is -2.51. The van der Waals surface area contributed by atoms with Crippen LogP contribution in [-0.2, 0) is 16.1 Å². The second kappa shape index (κ2) is 8.09. The van der Waals surface area contributed by atoms with Crippen molar-refractivity contribution in [3.05, 3.63) is 54.1 Å². The van der Waals surface area contributed by atoms with Gasteiger partial charge in [-0.15, -0.1) is 0 Å². The van der Waals surface area contributed by atoms with E-state index >= 15 is 0 Å². The highest BCUT2D eigenvalue weighted by atomic mass is 16.5. The Labute approximate surface area is 158 Å². The maximum atomic E-state index is 12.9. The fraction of sp³-hybridized carbons (Fsp3) is 0.300. The molecule has 27 heavy (non-hydrogen) atoms. The van der Waals surface area contributed by atoms with Gasteiger partial charge in [0.15, 0.2) is 6.10 Å². The van der Waals surface area contributed by atoms with E-state index < -0.39 is 12.0 Å². The molecule has 142 valence electrons. The normalized spacial score (nSPS) is 15.8. The smallest absolute Gasteiger partial charge is 0.260 e. The van der Waals surface area contributed by atoms with Gasteiger partial charge in [0.05, 0.1) is 25.9 Å². The summed E-state index contributed by atoms with van der Waals surface area (Å²) in [6.07, 6.45) is -0.858. The van der Waals surface area contributed by atoms with Crippen LogP contribution in [0.3, 0.4) is 0 Å². The third-order valence-corrected chi connectivity index (χ3v) is 4.43. The standard InChI is InChI=1S/C20H23N3O4/c1-22(11-14-7-3-5-9-16(14)26-2)13-19(24)23-12-18(20(21)25)27-17-10-6-4-8-15(17)23/h3-10,18H,11-13H2,1-2H3,(H2,21,25). The van der Waals surface area contributed by atoms with Crippen molar-refractivity contribution in [3.8, 4) is 11.5 Å². The first-order valence-electron chi connectivity index (χ1n) is 8.65. The molecule has 7 nitrogen and oxygen atoms in total. The fourth-order valence-corrected chi connectivity index (χ4v) is 3.12. The van der Waals surface area contributed by atoms with Crippen molar-refractivity contribution in [1.82, 2.24) is 4.90 Å². The van der Waals surface area contributed by atoms with Crippen LogP contribution in [0.25, 0.3) is 0 Å². The second-order valence-corrected chi connectivity index (χ2v) is 6.47. The number of carbonyl (C=O) groups is 2. The Hall–Kier alpha value is -3.06. The van der Waals surface area contributed by atoms with Gasteiger partial charge in [0.1, 0.15) is 11.5 Å². The maximum Gasteiger partial charge on any atom is 0.260 e. The number of hydrogen-bond donors (Lipinski definition) is 1. The van der Waals surface area contributed by atoms with Crippen molar-refractivity contribution in [1.29, 1.82) is 0 Å². The predicted octanol–water partition coefficient (Wildman–Crippen LogP) is 1.41. The minimum Gasteiger partial charge on any atom is -0.496 e. The zero-order valence-electron chi connectivity index (χ0n) is 15.4. The van der Waals surface area contributed by atoms with Crippen LogP contribution in [0.4, 0.5) is 5.69 Å². The van der Waals surface area contributed by atoms with E-state index in [9.17, 15) is 9.59 Å². The monoisotopic (exact) mass is 369 g/mol. The number of carbonyl (C=O) groups excluding carboxylic acids is 2. The lowest BCUT2D eigenvalue weighted by Gasteiger charge is -2.34. The van der Waals surface area contributed by atoms with Crippen LogP contribution < -0.4 is 20.1 Å². The van der Waals surface area contributed by atoms with Gasteiger partial charge < -0.3 is 20.1 Å². The summed E-state index contributed by atoms with van der Waals surface area (Å²) in [7, 11) is 3.49. The number of primary amides is 1. The molecule has 0 spiro atoms. The van der Waals surface area contributed by atoms with E-state index in [0.717, 1.165) is 11.3 Å². The SMILES string of the molecule is COc1ccccc1CN(C)CC(=O)N1CC(C(N)=O)Oc2ccccc21. The molecule has 3 rings (SSSR count). The van der Waals surface area contributed by atoms with Crippen LogP contribution in [0.2, 0.25) is 0 Å². The van der Waals surface area contributed by atoms with Crippen LogP contribution in [0.1, 0.15) is 5.56 Å². The molecule has 0 aromatic heterocycles. The molecule has 0 bridgehead atoms. The number of nitrogens with two attached hydrogens (primary N) is 1. The number of fused-ring (bicyclic) bond motifs is 1. The van der Waals surface area contributed by atoms with Crippen LogP contribution in [0.5, 0.6) is 11.5 Å². The first-order chi connectivity index (χ1) is 13.0. The molecular formula is C20H23N3O4. The van der Waals surface area contributed by atoms with E-state index in [2.05, 4.69) is 0 Å². The zero-order chi connectivity index (χ0) is 19.4. The van der Waals surface area contributed by atoms with E-state index in [1.807, 2.05) is 42.3 Å². The Morgan fingerprint density at radius 2 is 1.93 bits per heavy atom. The molecule has 0 aliphatic carbocycles. The van der Waals surface area contributed by atoms with E-state index in [1.54, 1.807) is 30.2 Å². The minimum absolute atomic E-state index is 0.105. The van der Waals surface area contributed by atoms with Crippen LogP contribution in [-0.4, -0.2) is 50.1 Å². The summed E-state index contributed by atoms with van der Waals surface area (Å²) in [6, 6.07) is 14.8. The largest absolute Gasteiger partial charge is 0.496 e. The summed E-state index contributed by atoms with van der Waals surface area (Å²) >= 11 is 0. The highest BCUT2D eigenvalue weighted by molar-refractivity contribution is 5.98. The lowest BCUT2D eigenvalue weighted by atomic mass is 10.1. The van der Waals surface area contributed by atoms with Crippen LogP contribution in [0, 0.1) is 0 Å². The number of amides is 2. The van der Waals surface area contributed by atoms with Crippen molar-refractivity contribution < 1.29 is 19.1 Å². The van der Waals surface area contributed by atoms with E-state index in [0.29, 0.717) is 18.0 Å². The number of nitrogens with zero attached hydrogens (tertiary/aromatic N) is 2. The van der Waals surface area contributed by atoms with E-state index in [1.165, 1.54) is 0 Å². The van der Waals surface area contributed by atoms with E-state index in [4.69, 9.17) is 15.2 Å². The molecule has 1 atom stereocenters.